The second kappa shape index (κ2) is 22.7. The maximum atomic E-state index is 12.3. The zero-order valence-electron chi connectivity index (χ0n) is 46.0. The van der Waals surface area contributed by atoms with Crippen molar-refractivity contribution in [1.82, 2.24) is 0 Å². The number of hydrogen-bond acceptors (Lipinski definition) is 21. The van der Waals surface area contributed by atoms with E-state index < -0.39 is 118 Å². The molecule has 0 aliphatic carbocycles. The summed E-state index contributed by atoms with van der Waals surface area (Å²) in [6.45, 7) is 23.4. The minimum absolute atomic E-state index is 0.0689. The van der Waals surface area contributed by atoms with Gasteiger partial charge in [0.15, 0.2) is 0 Å². The fourth-order valence-electron chi connectivity index (χ4n) is 15.2. The average Bonchev–Trinajstić information content (AvgIpc) is 3.80. The van der Waals surface area contributed by atoms with Crippen LogP contribution in [0.2, 0.25) is 0 Å². The topological polar surface area (TPSA) is 279 Å². The van der Waals surface area contributed by atoms with Crippen LogP contribution in [0, 0.1) is 5.92 Å². The van der Waals surface area contributed by atoms with Crippen LogP contribution in [0.1, 0.15) is 125 Å². The van der Waals surface area contributed by atoms with E-state index in [4.69, 9.17) is 70.8 Å². The van der Waals surface area contributed by atoms with E-state index in [2.05, 4.69) is 44.8 Å². The van der Waals surface area contributed by atoms with Crippen LogP contribution in [-0.4, -0.2) is 196 Å². The summed E-state index contributed by atoms with van der Waals surface area (Å²) < 4.78 is 126. The Hall–Kier alpha value is -1.54. The van der Waals surface area contributed by atoms with Crippen LogP contribution in [-0.2, 0) is 93.3 Å². The summed E-state index contributed by atoms with van der Waals surface area (Å²) in [5, 5.41) is 34.2. The van der Waals surface area contributed by atoms with Crippen molar-refractivity contribution in [2.75, 3.05) is 6.61 Å². The molecule has 11 rings (SSSR count). The van der Waals surface area contributed by atoms with Gasteiger partial charge in [0.05, 0.1) is 127 Å². The Balaban J connectivity index is 0.742. The van der Waals surface area contributed by atoms with E-state index in [0.29, 0.717) is 62.5 Å². The molecule has 446 valence electrons. The first-order chi connectivity index (χ1) is 37.4. The highest BCUT2D eigenvalue weighted by Crippen LogP contribution is 2.54. The number of hydrogen-bond donors (Lipinski definition) is 3. The second-order valence-electron chi connectivity index (χ2n) is 25.3. The normalized spacial score (nSPS) is 51.3. The Morgan fingerprint density at radius 2 is 1.35 bits per heavy atom. The van der Waals surface area contributed by atoms with Crippen molar-refractivity contribution in [3.63, 3.8) is 0 Å². The van der Waals surface area contributed by atoms with Crippen LogP contribution in [0.15, 0.2) is 49.1 Å². The molecular weight excluding hydrogens is 1080 g/mol. The van der Waals surface area contributed by atoms with Crippen LogP contribution < -0.4 is 0 Å². The van der Waals surface area contributed by atoms with Crippen LogP contribution in [0.5, 0.6) is 0 Å². The third-order valence-corrected chi connectivity index (χ3v) is 20.1. The van der Waals surface area contributed by atoms with Crippen molar-refractivity contribution in [2.24, 2.45) is 5.92 Å². The molecule has 0 spiro atoms. The molecule has 0 aromatic rings. The second-order valence-corrected chi connectivity index (χ2v) is 26.5. The van der Waals surface area contributed by atoms with E-state index in [9.17, 15) is 28.3 Å². The van der Waals surface area contributed by atoms with E-state index in [1.165, 1.54) is 6.08 Å². The Kier molecular flexibility index (Phi) is 17.0. The maximum absolute atomic E-state index is 12.3. The average molecular weight is 1160 g/mol. The van der Waals surface area contributed by atoms with Crippen molar-refractivity contribution in [1.29, 1.82) is 0 Å². The first-order valence-corrected chi connectivity index (χ1v) is 30.4. The van der Waals surface area contributed by atoms with Gasteiger partial charge in [-0.1, -0.05) is 42.6 Å². The lowest BCUT2D eigenvalue weighted by atomic mass is 9.73. The van der Waals surface area contributed by atoms with Gasteiger partial charge in [-0.05, 0) is 83.8 Å². The summed E-state index contributed by atoms with van der Waals surface area (Å²) in [7, 11) is 0. The zero-order valence-corrected chi connectivity index (χ0v) is 47.6. The maximum Gasteiger partial charge on any atom is 0.496 e. The number of fused-ring (bicyclic) bond motifs is 10. The van der Waals surface area contributed by atoms with Crippen LogP contribution in [0.4, 0.5) is 0 Å². The molecule has 11 fully saturated rings. The van der Waals surface area contributed by atoms with Gasteiger partial charge in [0.2, 0.25) is 0 Å². The monoisotopic (exact) mass is 1160 g/mol. The Morgan fingerprint density at radius 3 is 2.03 bits per heavy atom. The first kappa shape index (κ1) is 59.2. The molecule has 0 saturated carbocycles. The molecule has 11 saturated heterocycles. The highest BCUT2D eigenvalue weighted by Gasteiger charge is 2.65. The van der Waals surface area contributed by atoms with E-state index in [1.807, 2.05) is 6.92 Å². The molecule has 79 heavy (non-hydrogen) atoms. The van der Waals surface area contributed by atoms with Gasteiger partial charge in [-0.25, -0.2) is 14.0 Å². The molecule has 29 atom stereocenters. The van der Waals surface area contributed by atoms with Crippen LogP contribution in [0.3, 0.4) is 0 Å². The zero-order chi connectivity index (χ0) is 56.1. The predicted molar refractivity (Wildman–Crippen MR) is 277 cm³/mol. The SMILES string of the molecule is C=CC(O)C(=C)C=CC(C)(O)C1OC2CC3OC4CC5OC6CC7OC8CC9OC%10CC%11OC(C)(CCOOS(=O)[O-])C(OOS(=O)[OH2+])CC%11OC%10CC9OC8CCC7(C)OC6(C)CCC(C)C5OC4C(O)C3(C)OC2CC1=C. The minimum Gasteiger partial charge on any atom is -0.748 e. The fourth-order valence-corrected chi connectivity index (χ4v) is 15.5. The lowest BCUT2D eigenvalue weighted by molar-refractivity contribution is -0.369. The van der Waals surface area contributed by atoms with E-state index in [0.717, 1.165) is 19.3 Å². The van der Waals surface area contributed by atoms with Gasteiger partial charge in [0.25, 0.3) is 0 Å². The van der Waals surface area contributed by atoms with Crippen molar-refractivity contribution in [2.45, 2.75) is 281 Å². The molecule has 29 unspecified atom stereocenters. The Morgan fingerprint density at radius 1 is 0.772 bits per heavy atom. The first-order valence-electron chi connectivity index (χ1n) is 28.3. The summed E-state index contributed by atoms with van der Waals surface area (Å²) in [5.74, 6) is 0.0689. The standard InChI is InChI=1S/C55H82O22S2/c1-10-30(56)27(2)11-14-51(5,58)50-29(4)19-39-38(70-50)25-46-55(9,73-39)49(57)48-42(69-46)23-41-47(71-48)28(3)12-15-53(7)44(68-41)26-43-54(8,75-53)16-13-31-32(67-43)20-34-33(64-31)21-35-36(65-34)22-40-37(66-35)24-45(74-77-79(61)62)52(6,72-40)17-18-63-76-78(59)60/h10-11,14,28,30-50,56-58H,1-2,4,12-13,15-26H2,3,5-9H3,(H,59,60)(H,61,62). The molecule has 24 heteroatoms. The number of aliphatic hydroxyl groups excluding tert-OH is 2. The molecule has 11 heterocycles. The molecule has 0 aromatic heterocycles. The van der Waals surface area contributed by atoms with Gasteiger partial charge >= 0.3 is 11.4 Å². The highest BCUT2D eigenvalue weighted by molar-refractivity contribution is 7.74. The van der Waals surface area contributed by atoms with Crippen LogP contribution in [0.25, 0.3) is 0 Å². The summed E-state index contributed by atoms with van der Waals surface area (Å²) in [5.41, 5.74) is -3.96. The lowest BCUT2D eigenvalue weighted by Crippen LogP contribution is -2.74. The quantitative estimate of drug-likeness (QED) is 0.0453. The molecule has 11 aliphatic heterocycles. The predicted octanol–water partition coefficient (Wildman–Crippen LogP) is 3.39. The Labute approximate surface area is 467 Å². The number of aliphatic hydroxyl groups is 3. The molecule has 22 nitrogen and oxygen atoms in total. The van der Waals surface area contributed by atoms with Crippen molar-refractivity contribution in [3.05, 3.63) is 49.1 Å². The van der Waals surface area contributed by atoms with Gasteiger partial charge in [-0.3, -0.25) is 0 Å². The smallest absolute Gasteiger partial charge is 0.496 e. The third-order valence-electron chi connectivity index (χ3n) is 19.7. The molecule has 0 bridgehead atoms. The fraction of sp³-hybridized carbons (Fsp3) is 0.855. The molecule has 0 radical (unpaired) electrons. The largest absolute Gasteiger partial charge is 0.748 e. The molecule has 0 aromatic carbocycles. The van der Waals surface area contributed by atoms with Crippen LogP contribution >= 0.6 is 0 Å². The van der Waals surface area contributed by atoms with E-state index >= 15 is 0 Å². The third kappa shape index (κ3) is 11.6. The minimum atomic E-state index is -2.88. The summed E-state index contributed by atoms with van der Waals surface area (Å²) in [6.07, 6.45) is 1.29. The van der Waals surface area contributed by atoms with Gasteiger partial charge in [0, 0.05) is 51.4 Å². The van der Waals surface area contributed by atoms with E-state index in [-0.39, 0.29) is 86.4 Å². The highest BCUT2D eigenvalue weighted by atomic mass is 32.2. The number of rotatable bonds is 13. The lowest BCUT2D eigenvalue weighted by Gasteiger charge is -2.61. The van der Waals surface area contributed by atoms with Gasteiger partial charge in [-0.2, -0.15) is 0 Å². The summed E-state index contributed by atoms with van der Waals surface area (Å²) >= 11 is -5.35. The van der Waals surface area contributed by atoms with Gasteiger partial charge < -0.3 is 76.5 Å². The number of ether oxygens (including phenoxy) is 11. The molecule has 5 N–H and O–H groups in total. The summed E-state index contributed by atoms with van der Waals surface area (Å²) in [4.78, 5) is 10.3. The van der Waals surface area contributed by atoms with Crippen molar-refractivity contribution < 1.29 is 103 Å². The van der Waals surface area contributed by atoms with Crippen molar-refractivity contribution in [3.8, 4) is 0 Å². The van der Waals surface area contributed by atoms with Gasteiger partial charge in [-0.15, -0.1) is 15.1 Å². The molecule has 11 aliphatic rings. The Bertz CT molecular complexity index is 2340. The molecule has 0 amide bonds. The van der Waals surface area contributed by atoms with E-state index in [1.54, 1.807) is 26.0 Å². The summed E-state index contributed by atoms with van der Waals surface area (Å²) in [6, 6.07) is 0. The molecular formula is C55H82O22S2. The van der Waals surface area contributed by atoms with Crippen molar-refractivity contribution >= 4 is 22.7 Å². The van der Waals surface area contributed by atoms with Gasteiger partial charge in [0.1, 0.15) is 47.0 Å².